The normalized spacial score (nSPS) is 20.9. The number of alkyl halides is 6. The molecule has 0 aliphatic carbocycles. The van der Waals surface area contributed by atoms with E-state index in [4.69, 9.17) is 24.5 Å². The van der Waals surface area contributed by atoms with Gasteiger partial charge in [0.05, 0.1) is 18.3 Å². The highest BCUT2D eigenvalue weighted by Gasteiger charge is 2.42. The van der Waals surface area contributed by atoms with Crippen molar-refractivity contribution in [2.75, 3.05) is 13.1 Å². The molecule has 39 heavy (non-hydrogen) atoms. The van der Waals surface area contributed by atoms with Gasteiger partial charge < -0.3 is 20.3 Å². The maximum atomic E-state index is 12.4. The van der Waals surface area contributed by atoms with Crippen molar-refractivity contribution in [2.45, 2.75) is 50.5 Å². The standard InChI is InChI=1S/C19H23N3O2S.2C2HF3O2/c23-19(21-11-16-5-3-9-25-16)17-10-14-6-8-22(13-18(14)24-17)12-15-4-1-2-7-20-15;2*3-2(4,5)1(6)7/h1-5,7,9,14,17-18H,6,8,10-13H2,(H,21,23);2*(H,6,7)/t14-,17-,18+;;/m0../s1. The van der Waals surface area contributed by atoms with E-state index in [1.165, 1.54) is 4.88 Å². The summed E-state index contributed by atoms with van der Waals surface area (Å²) in [4.78, 5) is 38.2. The molecule has 2 saturated heterocycles. The van der Waals surface area contributed by atoms with Gasteiger partial charge in [-0.3, -0.25) is 14.7 Å². The van der Waals surface area contributed by atoms with Gasteiger partial charge in [0, 0.05) is 24.2 Å². The second-order valence-electron chi connectivity index (χ2n) is 8.41. The van der Waals surface area contributed by atoms with Crippen LogP contribution in [-0.2, 0) is 32.2 Å². The highest BCUT2D eigenvalue weighted by Crippen LogP contribution is 2.33. The molecule has 3 N–H and O–H groups in total. The van der Waals surface area contributed by atoms with Crippen LogP contribution >= 0.6 is 11.3 Å². The molecule has 0 aromatic carbocycles. The first-order valence-electron chi connectivity index (χ1n) is 11.3. The minimum atomic E-state index is -5.08. The van der Waals surface area contributed by atoms with Crippen LogP contribution in [0, 0.1) is 5.92 Å². The maximum Gasteiger partial charge on any atom is 0.490 e. The molecule has 0 saturated carbocycles. The Bertz CT molecular complexity index is 1040. The minimum absolute atomic E-state index is 0.0269. The number of nitrogens with one attached hydrogen (secondary N) is 1. The van der Waals surface area contributed by atoms with Crippen molar-refractivity contribution in [3.8, 4) is 0 Å². The number of aliphatic carboxylic acids is 2. The summed E-state index contributed by atoms with van der Waals surface area (Å²) in [5, 5.41) is 19.3. The highest BCUT2D eigenvalue weighted by atomic mass is 32.1. The smallest absolute Gasteiger partial charge is 0.475 e. The van der Waals surface area contributed by atoms with Crippen LogP contribution in [-0.4, -0.2) is 75.6 Å². The molecule has 0 radical (unpaired) electrons. The van der Waals surface area contributed by atoms with Gasteiger partial charge in [-0.2, -0.15) is 26.3 Å². The molecular weight excluding hydrogens is 560 g/mol. The molecule has 0 unspecified atom stereocenters. The fraction of sp³-hybridized carbons (Fsp3) is 0.478. The number of halogens is 6. The number of hydrogen-bond donors (Lipinski definition) is 3. The molecular formula is C23H25F6N3O6S. The number of pyridine rings is 1. The predicted octanol–water partition coefficient (Wildman–Crippen LogP) is 3.71. The SMILES string of the molecule is O=C(NCc1cccs1)[C@@H]1C[C@@H]2CCN(Cc3ccccn3)C[C@H]2O1.O=C(O)C(F)(F)F.O=C(O)C(F)(F)F. The molecule has 2 aliphatic heterocycles. The van der Waals surface area contributed by atoms with Crippen molar-refractivity contribution in [1.82, 2.24) is 15.2 Å². The van der Waals surface area contributed by atoms with E-state index in [1.54, 1.807) is 11.3 Å². The van der Waals surface area contributed by atoms with E-state index in [-0.39, 0.29) is 18.1 Å². The Morgan fingerprint density at radius 1 is 1.05 bits per heavy atom. The number of ether oxygens (including phenoxy) is 1. The van der Waals surface area contributed by atoms with E-state index >= 15 is 0 Å². The molecule has 2 aliphatic rings. The second kappa shape index (κ2) is 14.2. The van der Waals surface area contributed by atoms with Gasteiger partial charge in [0.15, 0.2) is 0 Å². The van der Waals surface area contributed by atoms with Gasteiger partial charge in [-0.1, -0.05) is 12.1 Å². The molecule has 1 amide bonds. The number of fused-ring (bicyclic) bond motifs is 1. The van der Waals surface area contributed by atoms with Crippen LogP contribution in [0.2, 0.25) is 0 Å². The fourth-order valence-electron chi connectivity index (χ4n) is 3.73. The summed E-state index contributed by atoms with van der Waals surface area (Å²) in [6, 6.07) is 10.1. The third-order valence-corrected chi connectivity index (χ3v) is 6.42. The maximum absolute atomic E-state index is 12.4. The summed E-state index contributed by atoms with van der Waals surface area (Å²) in [5.74, 6) is -4.99. The lowest BCUT2D eigenvalue weighted by Gasteiger charge is -2.33. The van der Waals surface area contributed by atoms with E-state index in [1.807, 2.05) is 35.8 Å². The van der Waals surface area contributed by atoms with Crippen LogP contribution in [0.4, 0.5) is 26.3 Å². The van der Waals surface area contributed by atoms with Gasteiger partial charge in [0.1, 0.15) is 6.10 Å². The zero-order valence-electron chi connectivity index (χ0n) is 20.1. The molecule has 2 aromatic rings. The molecule has 3 atom stereocenters. The molecule has 9 nitrogen and oxygen atoms in total. The molecule has 16 heteroatoms. The number of carboxylic acids is 2. The van der Waals surface area contributed by atoms with Crippen molar-refractivity contribution in [3.63, 3.8) is 0 Å². The number of thiophene rings is 1. The van der Waals surface area contributed by atoms with E-state index in [0.29, 0.717) is 12.5 Å². The van der Waals surface area contributed by atoms with E-state index < -0.39 is 24.3 Å². The molecule has 4 rings (SSSR count). The lowest BCUT2D eigenvalue weighted by molar-refractivity contribution is -0.193. The van der Waals surface area contributed by atoms with E-state index in [2.05, 4.69) is 21.3 Å². The number of amides is 1. The Balaban J connectivity index is 0.000000317. The van der Waals surface area contributed by atoms with Gasteiger partial charge in [-0.15, -0.1) is 11.3 Å². The van der Waals surface area contributed by atoms with Gasteiger partial charge in [0.2, 0.25) is 5.91 Å². The summed E-state index contributed by atoms with van der Waals surface area (Å²) < 4.78 is 69.6. The summed E-state index contributed by atoms with van der Waals surface area (Å²) in [7, 11) is 0. The van der Waals surface area contributed by atoms with Gasteiger partial charge in [-0.25, -0.2) is 9.59 Å². The third-order valence-electron chi connectivity index (χ3n) is 5.54. The number of aromatic nitrogens is 1. The summed E-state index contributed by atoms with van der Waals surface area (Å²) in [6.45, 7) is 3.38. The molecule has 2 fully saturated rings. The van der Waals surface area contributed by atoms with Crippen molar-refractivity contribution >= 4 is 29.2 Å². The summed E-state index contributed by atoms with van der Waals surface area (Å²) in [6.07, 6.45) is -6.54. The number of likely N-dealkylation sites (tertiary alicyclic amines) is 1. The van der Waals surface area contributed by atoms with E-state index in [0.717, 1.165) is 38.2 Å². The largest absolute Gasteiger partial charge is 0.490 e. The van der Waals surface area contributed by atoms with Crippen LogP contribution in [0.5, 0.6) is 0 Å². The van der Waals surface area contributed by atoms with Crippen LogP contribution < -0.4 is 5.32 Å². The molecule has 0 spiro atoms. The van der Waals surface area contributed by atoms with Crippen molar-refractivity contribution in [2.24, 2.45) is 5.92 Å². The number of nitrogens with zero attached hydrogens (tertiary/aromatic N) is 2. The van der Waals surface area contributed by atoms with Crippen molar-refractivity contribution in [1.29, 1.82) is 0 Å². The van der Waals surface area contributed by atoms with Crippen LogP contribution in [0.25, 0.3) is 0 Å². The van der Waals surface area contributed by atoms with Gasteiger partial charge in [-0.05, 0) is 48.9 Å². The quantitative estimate of drug-likeness (QED) is 0.453. The third kappa shape index (κ3) is 11.2. The molecule has 4 heterocycles. The van der Waals surface area contributed by atoms with Crippen molar-refractivity contribution < 1.29 is 55.7 Å². The number of carbonyl (C=O) groups is 3. The number of carbonyl (C=O) groups excluding carboxylic acids is 1. The Kier molecular flexibility index (Phi) is 11.7. The zero-order valence-corrected chi connectivity index (χ0v) is 20.9. The van der Waals surface area contributed by atoms with Crippen LogP contribution in [0.3, 0.4) is 0 Å². The second-order valence-corrected chi connectivity index (χ2v) is 9.44. The minimum Gasteiger partial charge on any atom is -0.475 e. The topological polar surface area (TPSA) is 129 Å². The molecule has 0 bridgehead atoms. The first-order chi connectivity index (χ1) is 18.2. The fourth-order valence-corrected chi connectivity index (χ4v) is 4.37. The lowest BCUT2D eigenvalue weighted by Crippen LogP contribution is -2.42. The van der Waals surface area contributed by atoms with Gasteiger partial charge in [0.25, 0.3) is 0 Å². The Morgan fingerprint density at radius 3 is 2.21 bits per heavy atom. The zero-order chi connectivity index (χ0) is 29.2. The first kappa shape index (κ1) is 32.0. The van der Waals surface area contributed by atoms with Crippen LogP contribution in [0.15, 0.2) is 41.9 Å². The summed E-state index contributed by atoms with van der Waals surface area (Å²) >= 11 is 1.66. The molecule has 2 aromatic heterocycles. The summed E-state index contributed by atoms with van der Waals surface area (Å²) in [5.41, 5.74) is 1.09. The number of hydrogen-bond acceptors (Lipinski definition) is 7. The monoisotopic (exact) mass is 585 g/mol. The van der Waals surface area contributed by atoms with E-state index in [9.17, 15) is 31.1 Å². The lowest BCUT2D eigenvalue weighted by atomic mass is 9.91. The molecule has 216 valence electrons. The van der Waals surface area contributed by atoms with Gasteiger partial charge >= 0.3 is 24.3 Å². The van der Waals surface area contributed by atoms with Crippen LogP contribution in [0.1, 0.15) is 23.4 Å². The van der Waals surface area contributed by atoms with Crippen molar-refractivity contribution in [3.05, 3.63) is 52.5 Å². The average molecular weight is 586 g/mol. The number of piperidine rings is 1. The predicted molar refractivity (Wildman–Crippen MR) is 124 cm³/mol. The average Bonchev–Trinajstić information content (AvgIpc) is 3.52. The highest BCUT2D eigenvalue weighted by molar-refractivity contribution is 7.09. The Hall–Kier alpha value is -3.24. The number of carboxylic acid groups (broad SMARTS) is 2. The Labute approximate surface area is 222 Å². The number of rotatable bonds is 5. The Morgan fingerprint density at radius 2 is 1.69 bits per heavy atom. The first-order valence-corrected chi connectivity index (χ1v) is 12.2.